The highest BCUT2D eigenvalue weighted by atomic mass is 16.3. The quantitative estimate of drug-likeness (QED) is 0.0845. The lowest BCUT2D eigenvalue weighted by Crippen LogP contribution is -2.15. The van der Waals surface area contributed by atoms with Gasteiger partial charge in [-0.1, -0.05) is 55.5 Å². The summed E-state index contributed by atoms with van der Waals surface area (Å²) in [6.07, 6.45) is 0.592. The number of benzene rings is 8. The number of rotatable bonds is 5. The number of phenols is 8. The second-order valence-electron chi connectivity index (χ2n) is 21.0. The van der Waals surface area contributed by atoms with Gasteiger partial charge in [-0.05, 0) is 196 Å². The number of aromatic hydroxyl groups is 8. The van der Waals surface area contributed by atoms with E-state index in [1.165, 1.54) is 24.3 Å². The number of hydrogen-bond acceptors (Lipinski definition) is 8. The van der Waals surface area contributed by atoms with Crippen molar-refractivity contribution in [2.75, 3.05) is 0 Å². The summed E-state index contributed by atoms with van der Waals surface area (Å²) in [4.78, 5) is 0. The third-order valence-electron chi connectivity index (χ3n) is 16.2. The van der Waals surface area contributed by atoms with Gasteiger partial charge >= 0.3 is 0 Å². The lowest BCUT2D eigenvalue weighted by molar-refractivity contribution is 0.431. The van der Waals surface area contributed by atoms with Gasteiger partial charge in [0.1, 0.15) is 46.0 Å². The molecule has 73 heavy (non-hydrogen) atoms. The van der Waals surface area contributed by atoms with Crippen molar-refractivity contribution in [3.63, 3.8) is 0 Å². The molecule has 1 aliphatic carbocycles. The molecule has 1 aliphatic rings. The second-order valence-corrected chi connectivity index (χ2v) is 21.0. The van der Waals surface area contributed by atoms with Crippen molar-refractivity contribution < 1.29 is 40.9 Å². The van der Waals surface area contributed by atoms with Crippen LogP contribution >= 0.6 is 0 Å². The van der Waals surface area contributed by atoms with E-state index >= 15 is 0 Å². The summed E-state index contributed by atoms with van der Waals surface area (Å²) in [5.41, 5.74) is 17.3. The van der Waals surface area contributed by atoms with Gasteiger partial charge in [0.2, 0.25) is 0 Å². The zero-order chi connectivity index (χ0) is 52.8. The molecule has 8 heteroatoms. The first-order chi connectivity index (χ1) is 34.5. The van der Waals surface area contributed by atoms with E-state index in [1.807, 2.05) is 101 Å². The molecule has 374 valence electrons. The highest BCUT2D eigenvalue weighted by molar-refractivity contribution is 5.69. The van der Waals surface area contributed by atoms with Crippen LogP contribution in [0.4, 0.5) is 0 Å². The lowest BCUT2D eigenvalue weighted by Gasteiger charge is -2.31. The number of phenolic OH excluding ortho intramolecular Hbond substituents is 8. The molecule has 2 atom stereocenters. The largest absolute Gasteiger partial charge is 0.507 e. The fourth-order valence-corrected chi connectivity index (χ4v) is 11.7. The fraction of sp³-hybridized carbons (Fsp3) is 0.262. The van der Waals surface area contributed by atoms with Crippen LogP contribution in [0.2, 0.25) is 0 Å². The summed E-state index contributed by atoms with van der Waals surface area (Å²) in [6, 6.07) is 28.7. The summed E-state index contributed by atoms with van der Waals surface area (Å²) < 4.78 is 0. The van der Waals surface area contributed by atoms with E-state index in [1.54, 1.807) is 24.3 Å². The number of fused-ring (bicyclic) bond motifs is 8. The first kappa shape index (κ1) is 50.1. The van der Waals surface area contributed by atoms with E-state index in [-0.39, 0.29) is 46.0 Å². The van der Waals surface area contributed by atoms with E-state index in [0.717, 1.165) is 89.0 Å². The minimum Gasteiger partial charge on any atom is -0.507 e. The smallest absolute Gasteiger partial charge is 0.123 e. The first-order valence-corrected chi connectivity index (χ1v) is 25.1. The molecule has 9 rings (SSSR count). The number of aryl methyl sites for hydroxylation is 12. The summed E-state index contributed by atoms with van der Waals surface area (Å²) >= 11 is 0. The van der Waals surface area contributed by atoms with E-state index in [2.05, 4.69) is 30.3 Å². The molecule has 2 unspecified atom stereocenters. The van der Waals surface area contributed by atoms with Crippen LogP contribution in [0.3, 0.4) is 0 Å². The van der Waals surface area contributed by atoms with Gasteiger partial charge in [0, 0.05) is 92.4 Å². The van der Waals surface area contributed by atoms with Crippen LogP contribution < -0.4 is 0 Å². The van der Waals surface area contributed by atoms with Crippen LogP contribution in [0.15, 0.2) is 97.1 Å². The fourth-order valence-electron chi connectivity index (χ4n) is 11.7. The molecule has 0 amide bonds. The van der Waals surface area contributed by atoms with Gasteiger partial charge in [0.15, 0.2) is 0 Å². The molecule has 0 spiro atoms. The van der Waals surface area contributed by atoms with Crippen molar-refractivity contribution in [3.05, 3.63) is 231 Å². The van der Waals surface area contributed by atoms with E-state index < -0.39 is 23.7 Å². The van der Waals surface area contributed by atoms with Crippen molar-refractivity contribution in [2.45, 2.75) is 113 Å². The lowest BCUT2D eigenvalue weighted by atomic mass is 9.73. The monoisotopic (exact) mass is 974 g/mol. The van der Waals surface area contributed by atoms with Crippen LogP contribution in [0.25, 0.3) is 0 Å². The Bertz CT molecular complexity index is 3400. The maximum atomic E-state index is 12.4. The van der Waals surface area contributed by atoms with Crippen molar-refractivity contribution in [1.82, 2.24) is 0 Å². The topological polar surface area (TPSA) is 162 Å². The predicted octanol–water partition coefficient (Wildman–Crippen LogP) is 14.3. The summed E-state index contributed by atoms with van der Waals surface area (Å²) in [6.45, 7) is 24.1. The minimum atomic E-state index is -0.927. The van der Waals surface area contributed by atoms with Gasteiger partial charge in [-0.25, -0.2) is 0 Å². The molecule has 8 N–H and O–H groups in total. The second kappa shape index (κ2) is 18.6. The molecular formula is C65H66O8. The van der Waals surface area contributed by atoms with Crippen molar-refractivity contribution in [1.29, 1.82) is 0 Å². The van der Waals surface area contributed by atoms with Crippen molar-refractivity contribution in [2.24, 2.45) is 0 Å². The Morgan fingerprint density at radius 3 is 0.644 bits per heavy atom. The summed E-state index contributed by atoms with van der Waals surface area (Å²) in [5.74, 6) is -5.73. The third-order valence-corrected chi connectivity index (χ3v) is 16.2. The molecule has 0 aromatic heterocycles. The Morgan fingerprint density at radius 1 is 0.219 bits per heavy atom. The maximum Gasteiger partial charge on any atom is 0.123 e. The maximum absolute atomic E-state index is 12.4. The van der Waals surface area contributed by atoms with Gasteiger partial charge in [0.05, 0.1) is 0 Å². The number of hydrogen-bond donors (Lipinski definition) is 8. The van der Waals surface area contributed by atoms with Gasteiger partial charge < -0.3 is 40.9 Å². The highest BCUT2D eigenvalue weighted by Crippen LogP contribution is 2.55. The van der Waals surface area contributed by atoms with E-state index in [4.69, 9.17) is 0 Å². The van der Waals surface area contributed by atoms with Gasteiger partial charge in [0.25, 0.3) is 0 Å². The Kier molecular flexibility index (Phi) is 12.8. The molecule has 0 heterocycles. The van der Waals surface area contributed by atoms with Crippen LogP contribution in [-0.2, 0) is 6.42 Å². The molecule has 8 aromatic rings. The first-order valence-electron chi connectivity index (χ1n) is 25.1. The molecule has 0 fully saturated rings. The summed E-state index contributed by atoms with van der Waals surface area (Å²) in [7, 11) is 0. The molecule has 0 saturated carbocycles. The average molecular weight is 975 g/mol. The van der Waals surface area contributed by atoms with Gasteiger partial charge in [-0.15, -0.1) is 0 Å². The highest BCUT2D eigenvalue weighted by Gasteiger charge is 2.37. The van der Waals surface area contributed by atoms with Crippen LogP contribution in [-0.4, -0.2) is 40.9 Å². The zero-order valence-electron chi connectivity index (χ0n) is 43.8. The van der Waals surface area contributed by atoms with Crippen molar-refractivity contribution >= 4 is 0 Å². The Labute approximate surface area is 428 Å². The molecule has 8 bridgehead atoms. The standard InChI is InChI=1S/C65H66O8/c1-13-41-17-33(5)37(9)21-45(41)65-52-24-50(58(70)28-60(52)72)63(43-19-35(7)31(3)15-39(43)11)48-22-46(54(66)26-56(48)68)62(42-18-34(6)30(2)14-38(42)10)47-23-49(57(69)27-55(47)67)64(44-20-36(8)32(4)16-40(44)12)51-25-53(65)61(73)29-59(51)71/h14-29,62-73H,13H2,1-12H3. The van der Waals surface area contributed by atoms with Gasteiger partial charge in [-0.2, -0.15) is 0 Å². The Morgan fingerprint density at radius 2 is 0.411 bits per heavy atom. The SMILES string of the molecule is CCc1cc(C)c(C)cc1C1c2cc(c(O)cc2O)C(c2cc(C)c(C)cc2C)c2cc(c(O)cc2O)C(c2cc(C)c(C)cc2C)c2cc(c(O)cc2O)C(c2cc(C)c(C)cc2C)c2cc1c(O)cc2O. The van der Waals surface area contributed by atoms with E-state index in [0.29, 0.717) is 50.9 Å². The van der Waals surface area contributed by atoms with Crippen LogP contribution in [0, 0.1) is 76.2 Å². The van der Waals surface area contributed by atoms with Crippen LogP contribution in [0.5, 0.6) is 46.0 Å². The Balaban J connectivity index is 1.54. The molecule has 0 saturated heterocycles. The molecule has 8 nitrogen and oxygen atoms in total. The normalized spacial score (nSPS) is 16.4. The molecule has 0 radical (unpaired) electrons. The molecule has 8 aromatic carbocycles. The third kappa shape index (κ3) is 8.56. The predicted molar refractivity (Wildman–Crippen MR) is 290 cm³/mol. The average Bonchev–Trinajstić information content (AvgIpc) is 3.31. The van der Waals surface area contributed by atoms with Crippen molar-refractivity contribution in [3.8, 4) is 46.0 Å². The summed E-state index contributed by atoms with van der Waals surface area (Å²) in [5, 5.41) is 99.2. The zero-order valence-corrected chi connectivity index (χ0v) is 43.8. The van der Waals surface area contributed by atoms with Gasteiger partial charge in [-0.3, -0.25) is 0 Å². The minimum absolute atomic E-state index is 0.250. The Hall–Kier alpha value is -7.84. The molecular weight excluding hydrogens is 909 g/mol. The molecule has 0 aliphatic heterocycles. The van der Waals surface area contributed by atoms with E-state index in [9.17, 15) is 40.9 Å². The van der Waals surface area contributed by atoms with Crippen LogP contribution in [0.1, 0.15) is 164 Å².